The fraction of sp³-hybridized carbons (Fsp3) is 0.889. The largest absolute Gasteiger partial charge is 0.352 e. The first-order chi connectivity index (χ1) is 5.83. The van der Waals surface area contributed by atoms with Crippen LogP contribution in [0.3, 0.4) is 0 Å². The molecular formula is C9H18N2O. The Kier molecular flexibility index (Phi) is 4.08. The molecule has 1 aliphatic rings. The van der Waals surface area contributed by atoms with Crippen molar-refractivity contribution < 1.29 is 4.79 Å². The molecule has 1 saturated carbocycles. The lowest BCUT2D eigenvalue weighted by Gasteiger charge is -2.26. The second-order valence-corrected chi connectivity index (χ2v) is 3.37. The van der Waals surface area contributed by atoms with E-state index in [1.807, 2.05) is 0 Å². The van der Waals surface area contributed by atoms with Gasteiger partial charge in [0.15, 0.2) is 0 Å². The van der Waals surface area contributed by atoms with Crippen LogP contribution in [0.15, 0.2) is 0 Å². The van der Waals surface area contributed by atoms with Crippen LogP contribution in [0.4, 0.5) is 0 Å². The lowest BCUT2D eigenvalue weighted by Crippen LogP contribution is -2.43. The molecule has 0 atom stereocenters. The minimum atomic E-state index is 0.146. The molecule has 0 spiro atoms. The van der Waals surface area contributed by atoms with E-state index < -0.39 is 0 Å². The summed E-state index contributed by atoms with van der Waals surface area (Å²) in [5.74, 6) is 0.146. The highest BCUT2D eigenvalue weighted by Crippen LogP contribution is 2.17. The summed E-state index contributed by atoms with van der Waals surface area (Å²) in [6, 6.07) is 0.473. The predicted octanol–water partition coefficient (Wildman–Crippen LogP) is 0.655. The second kappa shape index (κ2) is 5.14. The zero-order chi connectivity index (χ0) is 8.81. The lowest BCUT2D eigenvalue weighted by molar-refractivity contribution is -0.121. The number of amides is 1. The Morgan fingerprint density at radius 1 is 1.50 bits per heavy atom. The highest BCUT2D eigenvalue weighted by Gasteiger charge is 2.18. The Bertz CT molecular complexity index is 143. The Balaban J connectivity index is 1.95. The average Bonchev–Trinajstić information content (AvgIpc) is 1.98. The summed E-state index contributed by atoms with van der Waals surface area (Å²) >= 11 is 0. The van der Waals surface area contributed by atoms with Crippen LogP contribution in [-0.2, 0) is 4.79 Å². The minimum absolute atomic E-state index is 0.146. The molecule has 1 amide bonds. The molecule has 3 nitrogen and oxygen atoms in total. The summed E-state index contributed by atoms with van der Waals surface area (Å²) < 4.78 is 0. The molecule has 2 N–H and O–H groups in total. The van der Waals surface area contributed by atoms with Gasteiger partial charge >= 0.3 is 0 Å². The molecule has 0 radical (unpaired) electrons. The van der Waals surface area contributed by atoms with Crippen molar-refractivity contribution in [2.24, 2.45) is 0 Å². The standard InChI is InChI=1S/C9H18N2O/c1-2-6-10-7-9(12)11-8-4-3-5-8/h8,10H,2-7H2,1H3,(H,11,12). The first kappa shape index (κ1) is 9.52. The van der Waals surface area contributed by atoms with Gasteiger partial charge in [-0.3, -0.25) is 4.79 Å². The van der Waals surface area contributed by atoms with E-state index in [0.29, 0.717) is 12.6 Å². The number of hydrogen-bond donors (Lipinski definition) is 2. The van der Waals surface area contributed by atoms with Crippen LogP contribution < -0.4 is 10.6 Å². The van der Waals surface area contributed by atoms with Crippen molar-refractivity contribution in [1.29, 1.82) is 0 Å². The maximum absolute atomic E-state index is 11.1. The van der Waals surface area contributed by atoms with E-state index in [9.17, 15) is 4.79 Å². The molecule has 0 heterocycles. The van der Waals surface area contributed by atoms with Crippen molar-refractivity contribution in [3.63, 3.8) is 0 Å². The van der Waals surface area contributed by atoms with Crippen molar-refractivity contribution in [2.45, 2.75) is 38.6 Å². The van der Waals surface area contributed by atoms with Crippen molar-refractivity contribution in [1.82, 2.24) is 10.6 Å². The molecule has 3 heteroatoms. The van der Waals surface area contributed by atoms with E-state index in [0.717, 1.165) is 13.0 Å². The van der Waals surface area contributed by atoms with Gasteiger partial charge in [-0.15, -0.1) is 0 Å². The summed E-state index contributed by atoms with van der Waals surface area (Å²) in [5, 5.41) is 6.05. The normalized spacial score (nSPS) is 17.1. The van der Waals surface area contributed by atoms with Gasteiger partial charge in [-0.25, -0.2) is 0 Å². The van der Waals surface area contributed by atoms with Crippen LogP contribution in [0, 0.1) is 0 Å². The van der Waals surface area contributed by atoms with E-state index in [4.69, 9.17) is 0 Å². The number of hydrogen-bond acceptors (Lipinski definition) is 2. The van der Waals surface area contributed by atoms with Crippen LogP contribution in [0.25, 0.3) is 0 Å². The number of carbonyl (C=O) groups excluding carboxylic acids is 1. The lowest BCUT2D eigenvalue weighted by atomic mass is 9.93. The predicted molar refractivity (Wildman–Crippen MR) is 48.9 cm³/mol. The Hall–Kier alpha value is -0.570. The first-order valence-corrected chi connectivity index (χ1v) is 4.83. The molecule has 1 aliphatic carbocycles. The fourth-order valence-corrected chi connectivity index (χ4v) is 1.21. The summed E-state index contributed by atoms with van der Waals surface area (Å²) in [4.78, 5) is 11.1. The number of carbonyl (C=O) groups is 1. The van der Waals surface area contributed by atoms with Gasteiger partial charge in [0.05, 0.1) is 6.54 Å². The zero-order valence-electron chi connectivity index (χ0n) is 7.73. The van der Waals surface area contributed by atoms with Gasteiger partial charge in [0.1, 0.15) is 0 Å². The third-order valence-electron chi connectivity index (χ3n) is 2.18. The topological polar surface area (TPSA) is 41.1 Å². The van der Waals surface area contributed by atoms with Crippen molar-refractivity contribution in [3.8, 4) is 0 Å². The van der Waals surface area contributed by atoms with Crippen molar-refractivity contribution in [2.75, 3.05) is 13.1 Å². The van der Waals surface area contributed by atoms with Crippen LogP contribution in [0.5, 0.6) is 0 Å². The fourth-order valence-electron chi connectivity index (χ4n) is 1.21. The molecule has 0 aromatic heterocycles. The zero-order valence-corrected chi connectivity index (χ0v) is 7.73. The minimum Gasteiger partial charge on any atom is -0.352 e. The van der Waals surface area contributed by atoms with E-state index >= 15 is 0 Å². The van der Waals surface area contributed by atoms with Crippen molar-refractivity contribution >= 4 is 5.91 Å². The highest BCUT2D eigenvalue weighted by molar-refractivity contribution is 5.78. The Morgan fingerprint density at radius 2 is 2.25 bits per heavy atom. The molecule has 0 bridgehead atoms. The van der Waals surface area contributed by atoms with Gasteiger partial charge < -0.3 is 10.6 Å². The molecule has 1 rings (SSSR count). The molecule has 0 aromatic rings. The second-order valence-electron chi connectivity index (χ2n) is 3.37. The molecule has 0 aromatic carbocycles. The maximum Gasteiger partial charge on any atom is 0.234 e. The highest BCUT2D eigenvalue weighted by atomic mass is 16.1. The Labute approximate surface area is 73.9 Å². The molecule has 12 heavy (non-hydrogen) atoms. The molecule has 0 saturated heterocycles. The van der Waals surface area contributed by atoms with Crippen LogP contribution in [0.1, 0.15) is 32.6 Å². The first-order valence-electron chi connectivity index (χ1n) is 4.83. The van der Waals surface area contributed by atoms with E-state index in [1.165, 1.54) is 19.3 Å². The third kappa shape index (κ3) is 3.22. The summed E-state index contributed by atoms with van der Waals surface area (Å²) in [6.07, 6.45) is 4.68. The van der Waals surface area contributed by atoms with Gasteiger partial charge in [-0.1, -0.05) is 6.92 Å². The average molecular weight is 170 g/mol. The van der Waals surface area contributed by atoms with Gasteiger partial charge in [-0.05, 0) is 32.2 Å². The molecule has 0 aliphatic heterocycles. The van der Waals surface area contributed by atoms with Crippen molar-refractivity contribution in [3.05, 3.63) is 0 Å². The quantitative estimate of drug-likeness (QED) is 0.595. The van der Waals surface area contributed by atoms with Crippen LogP contribution >= 0.6 is 0 Å². The van der Waals surface area contributed by atoms with E-state index in [-0.39, 0.29) is 5.91 Å². The van der Waals surface area contributed by atoms with E-state index in [2.05, 4.69) is 17.6 Å². The molecule has 1 fully saturated rings. The summed E-state index contributed by atoms with van der Waals surface area (Å²) in [7, 11) is 0. The molecule has 0 unspecified atom stereocenters. The van der Waals surface area contributed by atoms with Crippen LogP contribution in [0.2, 0.25) is 0 Å². The van der Waals surface area contributed by atoms with Gasteiger partial charge in [0, 0.05) is 6.04 Å². The van der Waals surface area contributed by atoms with Gasteiger partial charge in [-0.2, -0.15) is 0 Å². The molecular weight excluding hydrogens is 152 g/mol. The van der Waals surface area contributed by atoms with E-state index in [1.54, 1.807) is 0 Å². The summed E-state index contributed by atoms with van der Waals surface area (Å²) in [6.45, 7) is 3.50. The summed E-state index contributed by atoms with van der Waals surface area (Å²) in [5.41, 5.74) is 0. The van der Waals surface area contributed by atoms with Gasteiger partial charge in [0.25, 0.3) is 0 Å². The molecule has 70 valence electrons. The SMILES string of the molecule is CCCNCC(=O)NC1CCC1. The number of rotatable bonds is 5. The monoisotopic (exact) mass is 170 g/mol. The third-order valence-corrected chi connectivity index (χ3v) is 2.18. The maximum atomic E-state index is 11.1. The van der Waals surface area contributed by atoms with Crippen LogP contribution in [-0.4, -0.2) is 25.0 Å². The smallest absolute Gasteiger partial charge is 0.234 e. The Morgan fingerprint density at radius 3 is 2.75 bits per heavy atom. The number of nitrogens with one attached hydrogen (secondary N) is 2. The van der Waals surface area contributed by atoms with Gasteiger partial charge in [0.2, 0.25) is 5.91 Å².